The van der Waals surface area contributed by atoms with Gasteiger partial charge in [0.05, 0.1) is 11.4 Å². The molecule has 1 unspecified atom stereocenters. The third-order valence-corrected chi connectivity index (χ3v) is 2.59. The molecule has 0 aromatic heterocycles. The van der Waals surface area contributed by atoms with E-state index in [0.29, 0.717) is 6.04 Å². The molecule has 14 heavy (non-hydrogen) atoms. The predicted octanol–water partition coefficient (Wildman–Crippen LogP) is 1.93. The molecule has 0 fully saturated rings. The molecule has 1 aromatic carbocycles. The Morgan fingerprint density at radius 1 is 1.43 bits per heavy atom. The zero-order valence-corrected chi connectivity index (χ0v) is 8.51. The maximum atomic E-state index is 8.82. The van der Waals surface area contributed by atoms with E-state index < -0.39 is 0 Å². The first-order valence-electron chi connectivity index (χ1n) is 4.70. The average molecular weight is 213 g/mol. The summed E-state index contributed by atoms with van der Waals surface area (Å²) in [5.41, 5.74) is 2.09. The Balaban J connectivity index is 2.15. The van der Waals surface area contributed by atoms with Crippen molar-refractivity contribution in [1.29, 1.82) is 0 Å². The Bertz CT molecular complexity index is 330. The molecule has 2 rings (SSSR count). The molecular weight excluding hydrogens is 200 g/mol. The Hall–Kier alpha value is -0.930. The summed E-state index contributed by atoms with van der Waals surface area (Å²) in [7, 11) is 0. The van der Waals surface area contributed by atoms with E-state index in [0.717, 1.165) is 29.4 Å². The lowest BCUT2D eigenvalue weighted by Gasteiger charge is -2.28. The number of fused-ring (bicyclic) bond motifs is 1. The highest BCUT2D eigenvalue weighted by atomic mass is 35.5. The fourth-order valence-corrected chi connectivity index (χ4v) is 1.79. The average Bonchev–Trinajstić information content (AvgIpc) is 2.19. The summed E-state index contributed by atoms with van der Waals surface area (Å²) < 4.78 is 0. The summed E-state index contributed by atoms with van der Waals surface area (Å²) in [5, 5.41) is 16.2. The van der Waals surface area contributed by atoms with Crippen molar-refractivity contribution in [2.24, 2.45) is 0 Å². The van der Waals surface area contributed by atoms with Crippen LogP contribution in [0.4, 0.5) is 11.4 Å². The molecule has 0 amide bonds. The van der Waals surface area contributed by atoms with Crippen LogP contribution in [0.2, 0.25) is 5.02 Å². The molecule has 76 valence electrons. The second-order valence-electron chi connectivity index (χ2n) is 3.42. The van der Waals surface area contributed by atoms with Gasteiger partial charge in [0, 0.05) is 24.2 Å². The molecule has 1 heterocycles. The second kappa shape index (κ2) is 4.07. The maximum absolute atomic E-state index is 8.82. The standard InChI is InChI=1S/C10H13ClN2O/c11-7-1-2-9-10(5-7)12-6-8(13-9)3-4-14/h1-2,5,8,12-14H,3-4,6H2. The van der Waals surface area contributed by atoms with Crippen LogP contribution in [0.15, 0.2) is 18.2 Å². The number of benzene rings is 1. The van der Waals surface area contributed by atoms with Crippen LogP contribution in [0.3, 0.4) is 0 Å². The second-order valence-corrected chi connectivity index (χ2v) is 3.86. The third-order valence-electron chi connectivity index (χ3n) is 2.36. The molecular formula is C10H13ClN2O. The molecule has 4 heteroatoms. The van der Waals surface area contributed by atoms with Gasteiger partial charge in [0.25, 0.3) is 0 Å². The van der Waals surface area contributed by atoms with E-state index in [4.69, 9.17) is 16.7 Å². The summed E-state index contributed by atoms with van der Waals surface area (Å²) >= 11 is 5.87. The van der Waals surface area contributed by atoms with Crippen LogP contribution in [0.25, 0.3) is 0 Å². The van der Waals surface area contributed by atoms with Crippen LogP contribution in [0, 0.1) is 0 Å². The topological polar surface area (TPSA) is 44.3 Å². The Kier molecular flexibility index (Phi) is 2.79. The summed E-state index contributed by atoms with van der Waals surface area (Å²) in [5.74, 6) is 0. The molecule has 1 aromatic rings. The van der Waals surface area contributed by atoms with Gasteiger partial charge in [-0.1, -0.05) is 11.6 Å². The van der Waals surface area contributed by atoms with Crippen molar-refractivity contribution in [3.8, 4) is 0 Å². The van der Waals surface area contributed by atoms with Crippen molar-refractivity contribution in [1.82, 2.24) is 0 Å². The number of halogens is 1. The van der Waals surface area contributed by atoms with E-state index in [1.807, 2.05) is 18.2 Å². The van der Waals surface area contributed by atoms with Gasteiger partial charge >= 0.3 is 0 Å². The minimum atomic E-state index is 0.211. The monoisotopic (exact) mass is 212 g/mol. The molecule has 1 atom stereocenters. The minimum absolute atomic E-state index is 0.211. The van der Waals surface area contributed by atoms with Gasteiger partial charge < -0.3 is 15.7 Å². The number of aliphatic hydroxyl groups is 1. The SMILES string of the molecule is OCCC1CNc2cc(Cl)ccc2N1. The van der Waals surface area contributed by atoms with Crippen molar-refractivity contribution in [3.63, 3.8) is 0 Å². The highest BCUT2D eigenvalue weighted by Gasteiger charge is 2.16. The van der Waals surface area contributed by atoms with E-state index in [2.05, 4.69) is 10.6 Å². The first-order valence-corrected chi connectivity index (χ1v) is 5.08. The van der Waals surface area contributed by atoms with Gasteiger partial charge in [0.15, 0.2) is 0 Å². The maximum Gasteiger partial charge on any atom is 0.0591 e. The number of anilines is 2. The van der Waals surface area contributed by atoms with Crippen LogP contribution in [-0.4, -0.2) is 24.3 Å². The Morgan fingerprint density at radius 3 is 3.07 bits per heavy atom. The first-order chi connectivity index (χ1) is 6.79. The van der Waals surface area contributed by atoms with Gasteiger partial charge in [0.2, 0.25) is 0 Å². The van der Waals surface area contributed by atoms with Gasteiger partial charge in [-0.15, -0.1) is 0 Å². The number of hydrogen-bond acceptors (Lipinski definition) is 3. The smallest absolute Gasteiger partial charge is 0.0591 e. The number of nitrogens with one attached hydrogen (secondary N) is 2. The third kappa shape index (κ3) is 1.94. The highest BCUT2D eigenvalue weighted by molar-refractivity contribution is 6.31. The lowest BCUT2D eigenvalue weighted by Crippen LogP contribution is -2.33. The van der Waals surface area contributed by atoms with Crippen LogP contribution in [0.1, 0.15) is 6.42 Å². The van der Waals surface area contributed by atoms with E-state index in [1.54, 1.807) is 0 Å². The molecule has 0 bridgehead atoms. The zero-order chi connectivity index (χ0) is 9.97. The summed E-state index contributed by atoms with van der Waals surface area (Å²) in [6, 6.07) is 6.01. The largest absolute Gasteiger partial charge is 0.396 e. The van der Waals surface area contributed by atoms with Gasteiger partial charge in [-0.25, -0.2) is 0 Å². The molecule has 0 saturated carbocycles. The molecule has 0 radical (unpaired) electrons. The quantitative estimate of drug-likeness (QED) is 0.702. The Morgan fingerprint density at radius 2 is 2.29 bits per heavy atom. The van der Waals surface area contributed by atoms with Gasteiger partial charge in [0.1, 0.15) is 0 Å². The van der Waals surface area contributed by atoms with Crippen molar-refractivity contribution >= 4 is 23.0 Å². The Labute approximate surface area is 88.1 Å². The first kappa shape index (κ1) is 9.62. The molecule has 1 aliphatic rings. The molecule has 0 spiro atoms. The van der Waals surface area contributed by atoms with Gasteiger partial charge in [-0.05, 0) is 24.6 Å². The molecule has 0 saturated heterocycles. The molecule has 3 nitrogen and oxygen atoms in total. The van der Waals surface area contributed by atoms with Gasteiger partial charge in [-0.3, -0.25) is 0 Å². The normalized spacial score (nSPS) is 19.4. The molecule has 0 aliphatic carbocycles. The number of rotatable bonds is 2. The van der Waals surface area contributed by atoms with Crippen molar-refractivity contribution in [3.05, 3.63) is 23.2 Å². The van der Waals surface area contributed by atoms with Crippen molar-refractivity contribution in [2.45, 2.75) is 12.5 Å². The molecule has 1 aliphatic heterocycles. The summed E-state index contributed by atoms with van der Waals surface area (Å²) in [6.07, 6.45) is 0.759. The van der Waals surface area contributed by atoms with Crippen LogP contribution in [-0.2, 0) is 0 Å². The molecule has 3 N–H and O–H groups in total. The zero-order valence-electron chi connectivity index (χ0n) is 7.76. The predicted molar refractivity (Wildman–Crippen MR) is 59.1 cm³/mol. The number of aliphatic hydroxyl groups excluding tert-OH is 1. The van der Waals surface area contributed by atoms with Crippen LogP contribution >= 0.6 is 11.6 Å². The lowest BCUT2D eigenvalue weighted by atomic mass is 10.1. The minimum Gasteiger partial charge on any atom is -0.396 e. The lowest BCUT2D eigenvalue weighted by molar-refractivity contribution is 0.280. The summed E-state index contributed by atoms with van der Waals surface area (Å²) in [4.78, 5) is 0. The van der Waals surface area contributed by atoms with E-state index in [-0.39, 0.29) is 6.61 Å². The van der Waals surface area contributed by atoms with E-state index >= 15 is 0 Å². The van der Waals surface area contributed by atoms with Gasteiger partial charge in [-0.2, -0.15) is 0 Å². The van der Waals surface area contributed by atoms with Crippen molar-refractivity contribution in [2.75, 3.05) is 23.8 Å². The highest BCUT2D eigenvalue weighted by Crippen LogP contribution is 2.29. The number of hydrogen-bond donors (Lipinski definition) is 3. The van der Waals surface area contributed by atoms with Crippen molar-refractivity contribution < 1.29 is 5.11 Å². The van der Waals surface area contributed by atoms with E-state index in [1.165, 1.54) is 0 Å². The fraction of sp³-hybridized carbons (Fsp3) is 0.400. The van der Waals surface area contributed by atoms with Crippen LogP contribution < -0.4 is 10.6 Å². The van der Waals surface area contributed by atoms with Crippen LogP contribution in [0.5, 0.6) is 0 Å². The summed E-state index contributed by atoms with van der Waals surface area (Å²) in [6.45, 7) is 1.04. The van der Waals surface area contributed by atoms with E-state index in [9.17, 15) is 0 Å². The fourth-order valence-electron chi connectivity index (χ4n) is 1.62.